The van der Waals surface area contributed by atoms with Gasteiger partial charge < -0.3 is 15.7 Å². The summed E-state index contributed by atoms with van der Waals surface area (Å²) >= 11 is 0. The van der Waals surface area contributed by atoms with Crippen LogP contribution in [0, 0.1) is 5.41 Å². The number of carbonyl (C=O) groups is 2. The van der Waals surface area contributed by atoms with Crippen LogP contribution >= 0.6 is 0 Å². The van der Waals surface area contributed by atoms with Gasteiger partial charge >= 0.3 is 5.97 Å². The minimum absolute atomic E-state index is 0.0341. The van der Waals surface area contributed by atoms with Crippen LogP contribution in [-0.2, 0) is 4.79 Å². The number of fused-ring (bicyclic) bond motifs is 1. The second-order valence-electron chi connectivity index (χ2n) is 4.65. The molecule has 2 aliphatic rings. The Morgan fingerprint density at radius 2 is 2.06 bits per heavy atom. The first kappa shape index (κ1) is 10.1. The van der Waals surface area contributed by atoms with Gasteiger partial charge in [-0.25, -0.2) is 4.79 Å². The molecule has 17 heavy (non-hydrogen) atoms. The molecule has 0 aromatic heterocycles. The topological polar surface area (TPSA) is 78.4 Å². The molecule has 1 aliphatic carbocycles. The van der Waals surface area contributed by atoms with Crippen molar-refractivity contribution >= 4 is 23.3 Å². The first-order valence-corrected chi connectivity index (χ1v) is 5.53. The van der Waals surface area contributed by atoms with E-state index in [0.29, 0.717) is 17.9 Å². The first-order chi connectivity index (χ1) is 8.11. The number of hydrogen-bond acceptors (Lipinski definition) is 3. The third-order valence-electron chi connectivity index (χ3n) is 3.47. The van der Waals surface area contributed by atoms with Gasteiger partial charge in [0.15, 0.2) is 0 Å². The van der Waals surface area contributed by atoms with E-state index in [2.05, 4.69) is 10.6 Å². The fraction of sp³-hybridized carbons (Fsp3) is 0.333. The second-order valence-corrected chi connectivity index (χ2v) is 4.65. The molecule has 1 saturated carbocycles. The standard InChI is InChI=1S/C12H12N2O3/c15-10(16)7-1-2-8-9(5-7)13-6-12(3-4-12)11(17)14-8/h1-2,5,13H,3-4,6H2,(H,14,17)(H,15,16). The molecule has 5 heteroatoms. The molecule has 88 valence electrons. The summed E-state index contributed by atoms with van der Waals surface area (Å²) in [7, 11) is 0. The second kappa shape index (κ2) is 3.23. The highest BCUT2D eigenvalue weighted by Crippen LogP contribution is 2.48. The van der Waals surface area contributed by atoms with Gasteiger partial charge in [0.05, 0.1) is 22.4 Å². The summed E-state index contributed by atoms with van der Waals surface area (Å²) in [6.07, 6.45) is 1.79. The predicted octanol–water partition coefficient (Wildman–Crippen LogP) is 1.53. The van der Waals surface area contributed by atoms with Crippen molar-refractivity contribution in [3.8, 4) is 0 Å². The highest BCUT2D eigenvalue weighted by Gasteiger charge is 2.50. The van der Waals surface area contributed by atoms with E-state index in [1.54, 1.807) is 12.1 Å². The van der Waals surface area contributed by atoms with E-state index in [1.807, 2.05) is 0 Å². The number of anilines is 2. The van der Waals surface area contributed by atoms with Crippen LogP contribution in [0.2, 0.25) is 0 Å². The van der Waals surface area contributed by atoms with E-state index in [0.717, 1.165) is 12.8 Å². The number of nitrogens with one attached hydrogen (secondary N) is 2. The summed E-state index contributed by atoms with van der Waals surface area (Å²) in [6.45, 7) is 0.578. The van der Waals surface area contributed by atoms with Crippen molar-refractivity contribution in [3.05, 3.63) is 23.8 Å². The summed E-state index contributed by atoms with van der Waals surface area (Å²) in [5.41, 5.74) is 1.28. The summed E-state index contributed by atoms with van der Waals surface area (Å²) in [6, 6.07) is 4.68. The van der Waals surface area contributed by atoms with Crippen molar-refractivity contribution in [2.75, 3.05) is 17.2 Å². The lowest BCUT2D eigenvalue weighted by molar-refractivity contribution is -0.120. The molecular weight excluding hydrogens is 220 g/mol. The Hall–Kier alpha value is -2.04. The number of amides is 1. The van der Waals surface area contributed by atoms with Gasteiger partial charge in [0.25, 0.3) is 0 Å². The number of carbonyl (C=O) groups excluding carboxylic acids is 1. The minimum atomic E-state index is -0.966. The lowest BCUT2D eigenvalue weighted by atomic mass is 10.1. The van der Waals surface area contributed by atoms with Gasteiger partial charge in [0.1, 0.15) is 0 Å². The molecule has 0 unspecified atom stereocenters. The molecule has 0 bridgehead atoms. The van der Waals surface area contributed by atoms with Crippen molar-refractivity contribution < 1.29 is 14.7 Å². The van der Waals surface area contributed by atoms with Crippen LogP contribution in [0.5, 0.6) is 0 Å². The number of hydrogen-bond donors (Lipinski definition) is 3. The monoisotopic (exact) mass is 232 g/mol. The maximum Gasteiger partial charge on any atom is 0.335 e. The summed E-state index contributed by atoms with van der Waals surface area (Å²) in [5.74, 6) is -0.932. The van der Waals surface area contributed by atoms with E-state index in [1.165, 1.54) is 6.07 Å². The van der Waals surface area contributed by atoms with E-state index < -0.39 is 5.97 Å². The van der Waals surface area contributed by atoms with Crippen molar-refractivity contribution in [2.24, 2.45) is 5.41 Å². The van der Waals surface area contributed by atoms with E-state index in [4.69, 9.17) is 5.11 Å². The van der Waals surface area contributed by atoms with E-state index in [9.17, 15) is 9.59 Å². The highest BCUT2D eigenvalue weighted by atomic mass is 16.4. The quantitative estimate of drug-likeness (QED) is 0.686. The SMILES string of the molecule is O=C(O)c1ccc2c(c1)NCC1(CC1)C(=O)N2. The molecule has 3 N–H and O–H groups in total. The average molecular weight is 232 g/mol. The van der Waals surface area contributed by atoms with Gasteiger partial charge in [-0.05, 0) is 31.0 Å². The highest BCUT2D eigenvalue weighted by molar-refractivity contribution is 6.02. The van der Waals surface area contributed by atoms with Gasteiger partial charge in [-0.15, -0.1) is 0 Å². The number of aromatic carboxylic acids is 1. The van der Waals surface area contributed by atoms with Crippen molar-refractivity contribution in [1.29, 1.82) is 0 Å². The number of carboxylic acid groups (broad SMARTS) is 1. The number of rotatable bonds is 1. The van der Waals surface area contributed by atoms with Crippen LogP contribution in [0.4, 0.5) is 11.4 Å². The summed E-state index contributed by atoms with van der Waals surface area (Å²) in [5, 5.41) is 14.9. The molecule has 5 nitrogen and oxygen atoms in total. The Morgan fingerprint density at radius 1 is 1.29 bits per heavy atom. The predicted molar refractivity (Wildman–Crippen MR) is 62.2 cm³/mol. The third kappa shape index (κ3) is 1.54. The molecular formula is C12H12N2O3. The molecule has 1 amide bonds. The smallest absolute Gasteiger partial charge is 0.335 e. The van der Waals surface area contributed by atoms with Gasteiger partial charge in [-0.3, -0.25) is 4.79 Å². The molecule has 1 aromatic rings. The molecule has 0 atom stereocenters. The van der Waals surface area contributed by atoms with E-state index >= 15 is 0 Å². The zero-order valence-corrected chi connectivity index (χ0v) is 9.12. The van der Waals surface area contributed by atoms with Gasteiger partial charge in [-0.2, -0.15) is 0 Å². The molecule has 1 aromatic carbocycles. The zero-order chi connectivity index (χ0) is 12.0. The Morgan fingerprint density at radius 3 is 2.71 bits per heavy atom. The summed E-state index contributed by atoms with van der Waals surface area (Å²) < 4.78 is 0. The zero-order valence-electron chi connectivity index (χ0n) is 9.12. The Balaban J connectivity index is 1.98. The maximum absolute atomic E-state index is 11.9. The van der Waals surface area contributed by atoms with Crippen LogP contribution < -0.4 is 10.6 Å². The average Bonchev–Trinajstić information content (AvgIpc) is 3.09. The molecule has 0 saturated heterocycles. The molecule has 1 fully saturated rings. The summed E-state index contributed by atoms with van der Waals surface area (Å²) in [4.78, 5) is 22.8. The van der Waals surface area contributed by atoms with Crippen LogP contribution in [-0.4, -0.2) is 23.5 Å². The van der Waals surface area contributed by atoms with E-state index in [-0.39, 0.29) is 16.9 Å². The van der Waals surface area contributed by atoms with Crippen LogP contribution in [0.1, 0.15) is 23.2 Å². The van der Waals surface area contributed by atoms with Gasteiger partial charge in [-0.1, -0.05) is 0 Å². The molecule has 1 heterocycles. The molecule has 1 spiro atoms. The van der Waals surface area contributed by atoms with Gasteiger partial charge in [0.2, 0.25) is 5.91 Å². The number of benzene rings is 1. The third-order valence-corrected chi connectivity index (χ3v) is 3.47. The van der Waals surface area contributed by atoms with Crippen molar-refractivity contribution in [2.45, 2.75) is 12.8 Å². The van der Waals surface area contributed by atoms with Crippen LogP contribution in [0.3, 0.4) is 0 Å². The van der Waals surface area contributed by atoms with Crippen molar-refractivity contribution in [3.63, 3.8) is 0 Å². The normalized spacial score (nSPS) is 19.9. The minimum Gasteiger partial charge on any atom is -0.478 e. The fourth-order valence-electron chi connectivity index (χ4n) is 2.09. The fourth-order valence-corrected chi connectivity index (χ4v) is 2.09. The lowest BCUT2D eigenvalue weighted by Gasteiger charge is -2.09. The molecule has 3 rings (SSSR count). The Kier molecular flexibility index (Phi) is 1.92. The Bertz CT molecular complexity index is 520. The van der Waals surface area contributed by atoms with Gasteiger partial charge in [0, 0.05) is 6.54 Å². The first-order valence-electron chi connectivity index (χ1n) is 5.53. The van der Waals surface area contributed by atoms with Crippen LogP contribution in [0.25, 0.3) is 0 Å². The number of carboxylic acids is 1. The Labute approximate surface area is 97.8 Å². The van der Waals surface area contributed by atoms with Crippen molar-refractivity contribution in [1.82, 2.24) is 0 Å². The maximum atomic E-state index is 11.9. The van der Waals surface area contributed by atoms with Crippen LogP contribution in [0.15, 0.2) is 18.2 Å². The molecule has 0 radical (unpaired) electrons. The lowest BCUT2D eigenvalue weighted by Crippen LogP contribution is -2.27. The molecule has 1 aliphatic heterocycles. The largest absolute Gasteiger partial charge is 0.478 e.